The van der Waals surface area contributed by atoms with Crippen LogP contribution in [0.25, 0.3) is 22.2 Å². The lowest BCUT2D eigenvalue weighted by molar-refractivity contribution is 0.315. The number of nitrogens with zero attached hydrogens (tertiary/aromatic N) is 2. The van der Waals surface area contributed by atoms with Gasteiger partial charge in [0.05, 0.1) is 5.02 Å². The van der Waals surface area contributed by atoms with E-state index in [9.17, 15) is 0 Å². The van der Waals surface area contributed by atoms with Gasteiger partial charge in [-0.15, -0.1) is 11.8 Å². The van der Waals surface area contributed by atoms with Gasteiger partial charge in [0.15, 0.2) is 5.52 Å². The fourth-order valence-corrected chi connectivity index (χ4v) is 2.72. The molecular weight excluding hydrogens is 268 g/mol. The van der Waals surface area contributed by atoms with Gasteiger partial charge in [-0.3, -0.25) is 0 Å². The number of thioether (sulfide) groups is 1. The van der Waals surface area contributed by atoms with Gasteiger partial charge in [0.1, 0.15) is 5.52 Å². The van der Waals surface area contributed by atoms with Crippen LogP contribution in [0.1, 0.15) is 0 Å². The van der Waals surface area contributed by atoms with Crippen molar-refractivity contribution in [1.29, 1.82) is 0 Å². The highest BCUT2D eigenvalue weighted by molar-refractivity contribution is 7.98. The lowest BCUT2D eigenvalue weighted by atomic mass is 10.0. The van der Waals surface area contributed by atoms with Crippen LogP contribution in [0.15, 0.2) is 45.9 Å². The number of halogens is 1. The second-order valence-electron chi connectivity index (χ2n) is 3.76. The normalized spacial score (nSPS) is 11.0. The molecule has 3 nitrogen and oxygen atoms in total. The van der Waals surface area contributed by atoms with Crippen molar-refractivity contribution in [3.63, 3.8) is 0 Å². The molecule has 1 heterocycles. The summed E-state index contributed by atoms with van der Waals surface area (Å²) in [5.74, 6) is 0. The maximum absolute atomic E-state index is 6.06. The third kappa shape index (κ3) is 1.78. The number of fused-ring (bicyclic) bond motifs is 1. The molecule has 3 aromatic rings. The number of aromatic nitrogens is 2. The first-order valence-corrected chi connectivity index (χ1v) is 6.95. The van der Waals surface area contributed by atoms with Gasteiger partial charge in [-0.05, 0) is 34.3 Å². The average molecular weight is 277 g/mol. The minimum atomic E-state index is 0.552. The monoisotopic (exact) mass is 276 g/mol. The smallest absolute Gasteiger partial charge is 0.154 e. The van der Waals surface area contributed by atoms with Gasteiger partial charge < -0.3 is 0 Å². The predicted octanol–water partition coefficient (Wildman–Crippen LogP) is 4.27. The molecule has 0 saturated heterocycles. The summed E-state index contributed by atoms with van der Waals surface area (Å²) in [6.07, 6.45) is 2.05. The van der Waals surface area contributed by atoms with Gasteiger partial charge in [0.2, 0.25) is 0 Å². The Bertz CT molecular complexity index is 711. The van der Waals surface area contributed by atoms with E-state index in [1.165, 1.54) is 4.90 Å². The lowest BCUT2D eigenvalue weighted by Gasteiger charge is -2.07. The summed E-state index contributed by atoms with van der Waals surface area (Å²) in [5, 5.41) is 8.34. The van der Waals surface area contributed by atoms with Crippen molar-refractivity contribution in [3.8, 4) is 11.1 Å². The average Bonchev–Trinajstić information content (AvgIpc) is 2.89. The fourth-order valence-electron chi connectivity index (χ4n) is 1.92. The van der Waals surface area contributed by atoms with E-state index in [1.54, 1.807) is 11.8 Å². The molecule has 5 heteroatoms. The van der Waals surface area contributed by atoms with Crippen molar-refractivity contribution >= 4 is 34.4 Å². The van der Waals surface area contributed by atoms with E-state index >= 15 is 0 Å². The van der Waals surface area contributed by atoms with Gasteiger partial charge >= 0.3 is 0 Å². The molecule has 3 rings (SSSR count). The third-order valence-electron chi connectivity index (χ3n) is 2.76. The Kier molecular flexibility index (Phi) is 2.97. The molecule has 0 aliphatic carbocycles. The molecule has 0 spiro atoms. The van der Waals surface area contributed by atoms with Gasteiger partial charge in [-0.25, -0.2) is 4.63 Å². The van der Waals surface area contributed by atoms with Gasteiger partial charge in [-0.2, -0.15) is 0 Å². The quantitative estimate of drug-likeness (QED) is 0.656. The Balaban J connectivity index is 2.32. The summed E-state index contributed by atoms with van der Waals surface area (Å²) in [7, 11) is 0. The van der Waals surface area contributed by atoms with E-state index in [4.69, 9.17) is 16.2 Å². The van der Waals surface area contributed by atoms with E-state index in [1.807, 2.05) is 30.5 Å². The van der Waals surface area contributed by atoms with Crippen LogP contribution in [-0.4, -0.2) is 16.6 Å². The summed E-state index contributed by atoms with van der Waals surface area (Å²) in [6, 6.07) is 11.9. The Morgan fingerprint density at radius 1 is 1.00 bits per heavy atom. The maximum Gasteiger partial charge on any atom is 0.154 e. The van der Waals surface area contributed by atoms with Crippen LogP contribution in [0.2, 0.25) is 5.02 Å². The first kappa shape index (κ1) is 11.6. The number of benzene rings is 2. The Hall–Kier alpha value is -1.52. The SMILES string of the molecule is CSc1ccccc1-c1ccc(Cl)c2nonc12. The highest BCUT2D eigenvalue weighted by Crippen LogP contribution is 2.35. The van der Waals surface area contributed by atoms with Crippen LogP contribution in [0.5, 0.6) is 0 Å². The van der Waals surface area contributed by atoms with Crippen molar-refractivity contribution in [3.05, 3.63) is 41.4 Å². The minimum Gasteiger partial charge on any atom is -0.243 e. The molecule has 0 N–H and O–H groups in total. The molecule has 0 fully saturated rings. The molecule has 1 aromatic heterocycles. The van der Waals surface area contributed by atoms with Crippen LogP contribution < -0.4 is 0 Å². The number of hydrogen-bond acceptors (Lipinski definition) is 4. The number of hydrogen-bond donors (Lipinski definition) is 0. The van der Waals surface area contributed by atoms with Gasteiger partial charge in [0, 0.05) is 10.5 Å². The maximum atomic E-state index is 6.06. The number of rotatable bonds is 2. The summed E-state index contributed by atoms with van der Waals surface area (Å²) in [5.41, 5.74) is 3.40. The zero-order valence-electron chi connectivity index (χ0n) is 9.55. The molecule has 18 heavy (non-hydrogen) atoms. The topological polar surface area (TPSA) is 38.9 Å². The highest BCUT2D eigenvalue weighted by Gasteiger charge is 2.13. The fraction of sp³-hybridized carbons (Fsp3) is 0.0769. The molecule has 0 aliphatic heterocycles. The van der Waals surface area contributed by atoms with E-state index in [2.05, 4.69) is 22.4 Å². The van der Waals surface area contributed by atoms with E-state index in [-0.39, 0.29) is 0 Å². The third-order valence-corrected chi connectivity index (χ3v) is 3.86. The van der Waals surface area contributed by atoms with Gasteiger partial charge in [0.25, 0.3) is 0 Å². The second kappa shape index (κ2) is 4.63. The second-order valence-corrected chi connectivity index (χ2v) is 5.01. The predicted molar refractivity (Wildman–Crippen MR) is 74.0 cm³/mol. The first-order valence-electron chi connectivity index (χ1n) is 5.35. The molecule has 0 atom stereocenters. The molecule has 90 valence electrons. The van der Waals surface area contributed by atoms with Crippen molar-refractivity contribution in [1.82, 2.24) is 10.3 Å². The van der Waals surface area contributed by atoms with Crippen molar-refractivity contribution < 1.29 is 4.63 Å². The van der Waals surface area contributed by atoms with E-state index in [0.29, 0.717) is 16.1 Å². The molecule has 0 amide bonds. The molecule has 2 aromatic carbocycles. The minimum absolute atomic E-state index is 0.552. The van der Waals surface area contributed by atoms with Crippen molar-refractivity contribution in [2.45, 2.75) is 4.90 Å². The molecule has 0 saturated carbocycles. The Morgan fingerprint density at radius 2 is 1.78 bits per heavy atom. The Morgan fingerprint density at radius 3 is 2.61 bits per heavy atom. The molecule has 0 aliphatic rings. The van der Waals surface area contributed by atoms with Crippen molar-refractivity contribution in [2.75, 3.05) is 6.26 Å². The van der Waals surface area contributed by atoms with Crippen molar-refractivity contribution in [2.24, 2.45) is 0 Å². The molecule has 0 unspecified atom stereocenters. The van der Waals surface area contributed by atoms with Crippen LogP contribution >= 0.6 is 23.4 Å². The highest BCUT2D eigenvalue weighted by atomic mass is 35.5. The van der Waals surface area contributed by atoms with Crippen LogP contribution in [0, 0.1) is 0 Å². The van der Waals surface area contributed by atoms with Crippen LogP contribution in [0.4, 0.5) is 0 Å². The molecule has 0 radical (unpaired) electrons. The van der Waals surface area contributed by atoms with Crippen LogP contribution in [0.3, 0.4) is 0 Å². The summed E-state index contributed by atoms with van der Waals surface area (Å²) in [4.78, 5) is 1.18. The zero-order chi connectivity index (χ0) is 12.5. The summed E-state index contributed by atoms with van der Waals surface area (Å²) < 4.78 is 4.79. The summed E-state index contributed by atoms with van der Waals surface area (Å²) in [6.45, 7) is 0. The summed E-state index contributed by atoms with van der Waals surface area (Å²) >= 11 is 7.76. The van der Waals surface area contributed by atoms with Gasteiger partial charge in [-0.1, -0.05) is 35.9 Å². The Labute approximate surface area is 113 Å². The van der Waals surface area contributed by atoms with E-state index in [0.717, 1.165) is 11.1 Å². The first-order chi connectivity index (χ1) is 8.81. The molecule has 0 bridgehead atoms. The van der Waals surface area contributed by atoms with E-state index < -0.39 is 0 Å². The lowest BCUT2D eigenvalue weighted by Crippen LogP contribution is -1.84. The largest absolute Gasteiger partial charge is 0.243 e. The molecular formula is C13H9ClN2OS. The standard InChI is InChI=1S/C13H9ClN2OS/c1-18-11-5-3-2-4-8(11)9-6-7-10(14)13-12(9)15-17-16-13/h2-7H,1H3. The van der Waals surface area contributed by atoms with Crippen LogP contribution in [-0.2, 0) is 0 Å². The zero-order valence-corrected chi connectivity index (χ0v) is 11.1.